The number of rotatable bonds is 7. The number of benzene rings is 1. The van der Waals surface area contributed by atoms with Gasteiger partial charge < -0.3 is 4.74 Å². The summed E-state index contributed by atoms with van der Waals surface area (Å²) in [5.74, 6) is 0.291. The van der Waals surface area contributed by atoms with Crippen molar-refractivity contribution in [1.29, 1.82) is 0 Å². The number of sulfonamides is 1. The van der Waals surface area contributed by atoms with E-state index >= 15 is 0 Å². The maximum atomic E-state index is 13.6. The maximum absolute atomic E-state index is 13.6. The second kappa shape index (κ2) is 9.47. The maximum Gasteiger partial charge on any atom is 0.262 e. The summed E-state index contributed by atoms with van der Waals surface area (Å²) in [6, 6.07) is 7.13. The molecular formula is C21H28N2O5S2. The van der Waals surface area contributed by atoms with Crippen LogP contribution in [-0.4, -0.2) is 43.5 Å². The van der Waals surface area contributed by atoms with Gasteiger partial charge in [0.25, 0.3) is 5.91 Å². The van der Waals surface area contributed by atoms with E-state index in [1.165, 1.54) is 34.9 Å². The predicted octanol–water partition coefficient (Wildman–Crippen LogP) is 3.40. The normalized spacial score (nSPS) is 19.9. The summed E-state index contributed by atoms with van der Waals surface area (Å²) in [4.78, 5) is 13.6. The van der Waals surface area contributed by atoms with E-state index in [0.29, 0.717) is 11.7 Å². The van der Waals surface area contributed by atoms with Gasteiger partial charge in [-0.25, -0.2) is 13.9 Å². The Morgan fingerprint density at radius 1 is 1.30 bits per heavy atom. The highest BCUT2D eigenvalue weighted by Gasteiger charge is 2.41. The van der Waals surface area contributed by atoms with E-state index in [0.717, 1.165) is 23.3 Å². The van der Waals surface area contributed by atoms with Crippen LogP contribution in [0.4, 0.5) is 0 Å². The third kappa shape index (κ3) is 4.69. The zero-order valence-corrected chi connectivity index (χ0v) is 19.0. The molecule has 0 saturated carbocycles. The zero-order chi connectivity index (χ0) is 21.9. The molecule has 3 rings (SSSR count). The van der Waals surface area contributed by atoms with Gasteiger partial charge in [0.05, 0.1) is 12.0 Å². The zero-order valence-electron chi connectivity index (χ0n) is 17.4. The van der Waals surface area contributed by atoms with Crippen molar-refractivity contribution >= 4 is 27.3 Å². The number of carbonyl (C=O) groups is 1. The molecule has 1 aliphatic heterocycles. The van der Waals surface area contributed by atoms with Crippen molar-refractivity contribution in [3.8, 4) is 5.75 Å². The van der Waals surface area contributed by atoms with Crippen LogP contribution >= 0.6 is 11.3 Å². The number of carbonyl (C=O) groups excluding carboxylic acids is 1. The molecule has 0 unspecified atom stereocenters. The van der Waals surface area contributed by atoms with Gasteiger partial charge in [0.1, 0.15) is 11.8 Å². The van der Waals surface area contributed by atoms with Gasteiger partial charge in [-0.15, -0.1) is 11.3 Å². The first-order valence-corrected chi connectivity index (χ1v) is 12.3. The highest BCUT2D eigenvalue weighted by molar-refractivity contribution is 7.89. The molecule has 1 aromatic carbocycles. The monoisotopic (exact) mass is 452 g/mol. The Morgan fingerprint density at radius 2 is 2.00 bits per heavy atom. The topological polar surface area (TPSA) is 95.9 Å². The summed E-state index contributed by atoms with van der Waals surface area (Å²) in [6.45, 7) is 4.46. The van der Waals surface area contributed by atoms with Gasteiger partial charge in [-0.2, -0.15) is 4.31 Å². The molecule has 2 atom stereocenters. The number of hydroxylamine groups is 1. The third-order valence-corrected chi connectivity index (χ3v) is 8.37. The fraction of sp³-hybridized carbons (Fsp3) is 0.476. The van der Waals surface area contributed by atoms with Crippen LogP contribution < -0.4 is 10.2 Å². The van der Waals surface area contributed by atoms with E-state index in [4.69, 9.17) is 4.74 Å². The molecule has 7 nitrogen and oxygen atoms in total. The molecule has 2 N–H and O–H groups in total. The number of nitrogens with one attached hydrogen (secondary N) is 1. The number of ether oxygens (including phenoxy) is 1. The van der Waals surface area contributed by atoms with Crippen LogP contribution in [0.1, 0.15) is 43.0 Å². The molecule has 0 spiro atoms. The van der Waals surface area contributed by atoms with Crippen LogP contribution in [0.25, 0.3) is 0 Å². The average Bonchev–Trinajstić information content (AvgIpc) is 3.13. The minimum absolute atomic E-state index is 0.0156. The summed E-state index contributed by atoms with van der Waals surface area (Å²) in [6.07, 6.45) is 2.00. The first-order valence-electron chi connectivity index (χ1n) is 9.94. The van der Waals surface area contributed by atoms with Crippen molar-refractivity contribution in [2.24, 2.45) is 5.92 Å². The fourth-order valence-corrected chi connectivity index (χ4v) is 6.46. The van der Waals surface area contributed by atoms with Gasteiger partial charge in [-0.1, -0.05) is 20.3 Å². The molecule has 0 aliphatic carbocycles. The van der Waals surface area contributed by atoms with E-state index in [2.05, 4.69) is 13.8 Å². The standard InChI is InChI=1S/C21H28N2O5S2/c1-14(2)4-5-15-13-23(30(26,27)17-8-6-16(28-3)7-9-17)19(21(24)22-25)12-20-18(15)10-11-29-20/h6-11,14-15,19,25H,4-5,12-13H2,1-3H3,(H,22,24)/t15-,19-/m0/s1. The van der Waals surface area contributed by atoms with Crippen molar-refractivity contribution in [3.05, 3.63) is 46.2 Å². The van der Waals surface area contributed by atoms with Crippen LogP contribution in [0, 0.1) is 5.92 Å². The van der Waals surface area contributed by atoms with E-state index < -0.39 is 22.0 Å². The number of amides is 1. The first kappa shape index (κ1) is 22.7. The van der Waals surface area contributed by atoms with Crippen molar-refractivity contribution in [2.45, 2.75) is 50.0 Å². The lowest BCUT2D eigenvalue weighted by Crippen LogP contribution is -2.50. The Bertz CT molecular complexity index is 970. The number of nitrogens with zero attached hydrogens (tertiary/aromatic N) is 1. The van der Waals surface area contributed by atoms with Crippen LogP contribution in [0.5, 0.6) is 5.75 Å². The molecule has 2 aromatic rings. The minimum Gasteiger partial charge on any atom is -0.497 e. The lowest BCUT2D eigenvalue weighted by atomic mass is 9.92. The molecule has 0 bridgehead atoms. The van der Waals surface area contributed by atoms with Crippen molar-refractivity contribution in [3.63, 3.8) is 0 Å². The Balaban J connectivity index is 2.03. The molecule has 0 radical (unpaired) electrons. The first-order chi connectivity index (χ1) is 14.3. The van der Waals surface area contributed by atoms with Crippen LogP contribution in [0.2, 0.25) is 0 Å². The lowest BCUT2D eigenvalue weighted by Gasteiger charge is -2.30. The molecule has 1 aliphatic rings. The molecule has 2 heterocycles. The number of methoxy groups -OCH3 is 1. The average molecular weight is 453 g/mol. The summed E-state index contributed by atoms with van der Waals surface area (Å²) in [7, 11) is -2.46. The van der Waals surface area contributed by atoms with Gasteiger partial charge in [0.2, 0.25) is 10.0 Å². The van der Waals surface area contributed by atoms with Crippen molar-refractivity contribution in [2.75, 3.05) is 13.7 Å². The lowest BCUT2D eigenvalue weighted by molar-refractivity contribution is -0.133. The molecule has 0 fully saturated rings. The van der Waals surface area contributed by atoms with E-state index in [1.54, 1.807) is 17.6 Å². The Kier molecular flexibility index (Phi) is 7.18. The van der Waals surface area contributed by atoms with Gasteiger partial charge in [0, 0.05) is 17.8 Å². The van der Waals surface area contributed by atoms with Gasteiger partial charge in [-0.3, -0.25) is 10.0 Å². The van der Waals surface area contributed by atoms with E-state index in [9.17, 15) is 18.4 Å². The Morgan fingerprint density at radius 3 is 2.60 bits per heavy atom. The second-order valence-electron chi connectivity index (χ2n) is 7.91. The third-order valence-electron chi connectivity index (χ3n) is 5.52. The van der Waals surface area contributed by atoms with Gasteiger partial charge in [-0.05, 0) is 59.5 Å². The van der Waals surface area contributed by atoms with E-state index in [1.807, 2.05) is 11.4 Å². The molecule has 9 heteroatoms. The number of fused-ring (bicyclic) bond motifs is 1. The predicted molar refractivity (Wildman–Crippen MR) is 115 cm³/mol. The molecule has 0 saturated heterocycles. The van der Waals surface area contributed by atoms with Crippen molar-refractivity contribution in [1.82, 2.24) is 9.79 Å². The quantitative estimate of drug-likeness (QED) is 0.496. The molecular weight excluding hydrogens is 424 g/mol. The molecule has 1 amide bonds. The number of hydrogen-bond acceptors (Lipinski definition) is 6. The summed E-state index contributed by atoms with van der Waals surface area (Å²) < 4.78 is 33.5. The highest BCUT2D eigenvalue weighted by Crippen LogP contribution is 2.37. The Hall–Kier alpha value is -1.94. The highest BCUT2D eigenvalue weighted by atomic mass is 32.2. The summed E-state index contributed by atoms with van der Waals surface area (Å²) in [5.41, 5.74) is 2.76. The summed E-state index contributed by atoms with van der Waals surface area (Å²) in [5, 5.41) is 11.3. The molecule has 1 aromatic heterocycles. The SMILES string of the molecule is COc1ccc(S(=O)(=O)N2C[C@H](CCC(C)C)c3ccsc3C[C@H]2C(=O)NO)cc1. The Labute approximate surface area is 181 Å². The minimum atomic E-state index is -3.97. The van der Waals surface area contributed by atoms with Crippen LogP contribution in [0.3, 0.4) is 0 Å². The van der Waals surface area contributed by atoms with Gasteiger partial charge in [0.15, 0.2) is 0 Å². The largest absolute Gasteiger partial charge is 0.497 e. The van der Waals surface area contributed by atoms with Crippen LogP contribution in [0.15, 0.2) is 40.6 Å². The number of thiophene rings is 1. The fourth-order valence-electron chi connectivity index (χ4n) is 3.83. The van der Waals surface area contributed by atoms with Crippen LogP contribution in [-0.2, 0) is 21.2 Å². The summed E-state index contributed by atoms with van der Waals surface area (Å²) >= 11 is 1.52. The smallest absolute Gasteiger partial charge is 0.262 e. The number of hydrogen-bond donors (Lipinski definition) is 2. The second-order valence-corrected chi connectivity index (χ2v) is 10.8. The van der Waals surface area contributed by atoms with E-state index in [-0.39, 0.29) is 23.8 Å². The van der Waals surface area contributed by atoms with Crippen molar-refractivity contribution < 1.29 is 23.2 Å². The molecule has 164 valence electrons. The van der Waals surface area contributed by atoms with Gasteiger partial charge >= 0.3 is 0 Å². The molecule has 30 heavy (non-hydrogen) atoms.